The number of nitrogens with zero attached hydrogens (tertiary/aromatic N) is 3. The van der Waals surface area contributed by atoms with E-state index in [9.17, 15) is 4.79 Å². The summed E-state index contributed by atoms with van der Waals surface area (Å²) in [6.07, 6.45) is 4.78. The molecule has 1 fully saturated rings. The van der Waals surface area contributed by atoms with Crippen molar-refractivity contribution >= 4 is 5.91 Å². The molecule has 0 bridgehead atoms. The maximum Gasteiger partial charge on any atom is 0.241 e. The molecule has 0 aliphatic carbocycles. The molecule has 1 aliphatic heterocycles. The van der Waals surface area contributed by atoms with E-state index in [1.165, 1.54) is 0 Å². The van der Waals surface area contributed by atoms with Crippen LogP contribution in [0.4, 0.5) is 0 Å². The molecule has 0 saturated carbocycles. The molecule has 1 atom stereocenters. The van der Waals surface area contributed by atoms with Crippen LogP contribution < -0.4 is 5.32 Å². The number of likely N-dealkylation sites (tertiary alicyclic amines) is 1. The lowest BCUT2D eigenvalue weighted by molar-refractivity contribution is -0.122. The number of aryl methyl sites for hydroxylation is 1. The quantitative estimate of drug-likeness (QED) is 0.779. The standard InChI is InChI=1S/C14H24N4O2/c1-12-7-16-18(9-12)11-14(19)15-8-13-3-4-17(10-13)5-6-20-2/h7,9,13H,3-6,8,10-11H2,1-2H3,(H,15,19)/t13-/m0/s1. The van der Waals surface area contributed by atoms with Crippen molar-refractivity contribution in [2.75, 3.05) is 39.9 Å². The zero-order valence-corrected chi connectivity index (χ0v) is 12.3. The van der Waals surface area contributed by atoms with E-state index in [1.54, 1.807) is 18.0 Å². The number of rotatable bonds is 7. The fourth-order valence-corrected chi connectivity index (χ4v) is 2.52. The summed E-state index contributed by atoms with van der Waals surface area (Å²) >= 11 is 0. The first-order valence-corrected chi connectivity index (χ1v) is 7.14. The molecule has 1 aliphatic rings. The van der Waals surface area contributed by atoms with Crippen LogP contribution >= 0.6 is 0 Å². The number of hydrogen-bond donors (Lipinski definition) is 1. The van der Waals surface area contributed by atoms with Gasteiger partial charge in [-0.05, 0) is 31.4 Å². The minimum Gasteiger partial charge on any atom is -0.383 e. The molecule has 1 aromatic rings. The first-order chi connectivity index (χ1) is 9.67. The van der Waals surface area contributed by atoms with Gasteiger partial charge in [0.25, 0.3) is 0 Å². The summed E-state index contributed by atoms with van der Waals surface area (Å²) in [7, 11) is 1.73. The molecule has 0 unspecified atom stereocenters. The van der Waals surface area contributed by atoms with E-state index in [0.717, 1.165) is 44.8 Å². The highest BCUT2D eigenvalue weighted by Gasteiger charge is 2.22. The summed E-state index contributed by atoms with van der Waals surface area (Å²) in [5.74, 6) is 0.582. The monoisotopic (exact) mass is 280 g/mol. The summed E-state index contributed by atoms with van der Waals surface area (Å²) in [6, 6.07) is 0. The molecule has 0 radical (unpaired) electrons. The largest absolute Gasteiger partial charge is 0.383 e. The SMILES string of the molecule is COCCN1CC[C@@H](CNC(=O)Cn2cc(C)cn2)C1. The Kier molecular flexibility index (Phi) is 5.55. The molecule has 6 heteroatoms. The lowest BCUT2D eigenvalue weighted by Gasteiger charge is -2.15. The molecule has 0 aromatic carbocycles. The van der Waals surface area contributed by atoms with Gasteiger partial charge in [-0.1, -0.05) is 0 Å². The number of methoxy groups -OCH3 is 1. The Morgan fingerprint density at radius 2 is 2.45 bits per heavy atom. The number of carbonyl (C=O) groups is 1. The molecular formula is C14H24N4O2. The number of amides is 1. The van der Waals surface area contributed by atoms with Gasteiger partial charge in [0.15, 0.2) is 0 Å². The third-order valence-corrected chi connectivity index (χ3v) is 3.64. The zero-order valence-electron chi connectivity index (χ0n) is 12.3. The number of aromatic nitrogens is 2. The summed E-state index contributed by atoms with van der Waals surface area (Å²) in [5, 5.41) is 7.12. The van der Waals surface area contributed by atoms with Crippen LogP contribution in [0.2, 0.25) is 0 Å². The predicted molar refractivity (Wildman–Crippen MR) is 76.4 cm³/mol. The van der Waals surface area contributed by atoms with Crippen molar-refractivity contribution in [3.8, 4) is 0 Å². The fraction of sp³-hybridized carbons (Fsp3) is 0.714. The fourth-order valence-electron chi connectivity index (χ4n) is 2.52. The highest BCUT2D eigenvalue weighted by Crippen LogP contribution is 2.14. The number of carbonyl (C=O) groups excluding carboxylic acids is 1. The molecule has 2 heterocycles. The maximum absolute atomic E-state index is 11.8. The van der Waals surface area contributed by atoms with Crippen LogP contribution in [0.5, 0.6) is 0 Å². The van der Waals surface area contributed by atoms with Gasteiger partial charge >= 0.3 is 0 Å². The normalized spacial score (nSPS) is 19.4. The van der Waals surface area contributed by atoms with Gasteiger partial charge in [0.1, 0.15) is 6.54 Å². The third-order valence-electron chi connectivity index (χ3n) is 3.64. The van der Waals surface area contributed by atoms with E-state index in [-0.39, 0.29) is 5.91 Å². The molecule has 1 amide bonds. The lowest BCUT2D eigenvalue weighted by atomic mass is 10.1. The molecule has 0 spiro atoms. The highest BCUT2D eigenvalue weighted by molar-refractivity contribution is 5.75. The van der Waals surface area contributed by atoms with Gasteiger partial charge in [0.05, 0.1) is 12.8 Å². The summed E-state index contributed by atoms with van der Waals surface area (Å²) in [4.78, 5) is 14.2. The topological polar surface area (TPSA) is 59.4 Å². The van der Waals surface area contributed by atoms with Crippen molar-refractivity contribution in [2.45, 2.75) is 19.9 Å². The second-order valence-corrected chi connectivity index (χ2v) is 5.47. The molecule has 2 rings (SSSR count). The van der Waals surface area contributed by atoms with E-state index in [4.69, 9.17) is 4.74 Å². The van der Waals surface area contributed by atoms with E-state index < -0.39 is 0 Å². The summed E-state index contributed by atoms with van der Waals surface area (Å²) in [5.41, 5.74) is 1.07. The first-order valence-electron chi connectivity index (χ1n) is 7.14. The number of hydrogen-bond acceptors (Lipinski definition) is 4. The zero-order chi connectivity index (χ0) is 14.4. The van der Waals surface area contributed by atoms with Crippen LogP contribution in [0.15, 0.2) is 12.4 Å². The Morgan fingerprint density at radius 1 is 1.60 bits per heavy atom. The highest BCUT2D eigenvalue weighted by atomic mass is 16.5. The lowest BCUT2D eigenvalue weighted by Crippen LogP contribution is -2.33. The maximum atomic E-state index is 11.8. The average Bonchev–Trinajstić information content (AvgIpc) is 3.03. The van der Waals surface area contributed by atoms with Crippen molar-refractivity contribution in [3.05, 3.63) is 18.0 Å². The number of nitrogens with one attached hydrogen (secondary N) is 1. The third kappa shape index (κ3) is 4.61. The smallest absolute Gasteiger partial charge is 0.241 e. The molecule has 112 valence electrons. The van der Waals surface area contributed by atoms with Gasteiger partial charge in [0.2, 0.25) is 5.91 Å². The molecule has 20 heavy (non-hydrogen) atoms. The average molecular weight is 280 g/mol. The second kappa shape index (κ2) is 7.40. The van der Waals surface area contributed by atoms with Crippen LogP contribution in [-0.4, -0.2) is 60.5 Å². The van der Waals surface area contributed by atoms with E-state index in [1.807, 2.05) is 13.1 Å². The Bertz CT molecular complexity index is 433. The molecular weight excluding hydrogens is 256 g/mol. The molecule has 6 nitrogen and oxygen atoms in total. The summed E-state index contributed by atoms with van der Waals surface area (Å²) in [6.45, 7) is 6.92. The van der Waals surface area contributed by atoms with Crippen LogP contribution in [0.25, 0.3) is 0 Å². The Morgan fingerprint density at radius 3 is 3.15 bits per heavy atom. The van der Waals surface area contributed by atoms with Crippen molar-refractivity contribution in [1.29, 1.82) is 0 Å². The minimum absolute atomic E-state index is 0.0310. The van der Waals surface area contributed by atoms with Crippen molar-refractivity contribution in [3.63, 3.8) is 0 Å². The van der Waals surface area contributed by atoms with E-state index in [2.05, 4.69) is 15.3 Å². The van der Waals surface area contributed by atoms with Crippen LogP contribution in [0, 0.1) is 12.8 Å². The second-order valence-electron chi connectivity index (χ2n) is 5.47. The van der Waals surface area contributed by atoms with Crippen LogP contribution in [-0.2, 0) is 16.1 Å². The Hall–Kier alpha value is -1.40. The van der Waals surface area contributed by atoms with Crippen molar-refractivity contribution in [1.82, 2.24) is 20.0 Å². The summed E-state index contributed by atoms with van der Waals surface area (Å²) < 4.78 is 6.76. The number of ether oxygens (including phenoxy) is 1. The van der Waals surface area contributed by atoms with Crippen molar-refractivity contribution < 1.29 is 9.53 Å². The van der Waals surface area contributed by atoms with Gasteiger partial charge in [0, 0.05) is 32.9 Å². The minimum atomic E-state index is 0.0310. The predicted octanol–water partition coefficient (Wildman–Crippen LogP) is 0.276. The van der Waals surface area contributed by atoms with Gasteiger partial charge in [-0.25, -0.2) is 0 Å². The molecule has 1 N–H and O–H groups in total. The molecule has 1 saturated heterocycles. The van der Waals surface area contributed by atoms with Gasteiger partial charge in [-0.3, -0.25) is 9.48 Å². The van der Waals surface area contributed by atoms with Gasteiger partial charge < -0.3 is 15.0 Å². The first kappa shape index (κ1) is 15.0. The van der Waals surface area contributed by atoms with E-state index >= 15 is 0 Å². The van der Waals surface area contributed by atoms with Crippen molar-refractivity contribution in [2.24, 2.45) is 5.92 Å². The van der Waals surface area contributed by atoms with Gasteiger partial charge in [-0.2, -0.15) is 5.10 Å². The Balaban J connectivity index is 1.64. The van der Waals surface area contributed by atoms with Crippen LogP contribution in [0.1, 0.15) is 12.0 Å². The van der Waals surface area contributed by atoms with E-state index in [0.29, 0.717) is 12.5 Å². The Labute approximate surface area is 120 Å². The van der Waals surface area contributed by atoms with Gasteiger partial charge in [-0.15, -0.1) is 0 Å². The molecule has 1 aromatic heterocycles. The van der Waals surface area contributed by atoms with Crippen LogP contribution in [0.3, 0.4) is 0 Å².